The molecular formula is C16H13N3O2. The summed E-state index contributed by atoms with van der Waals surface area (Å²) in [6.45, 7) is 0. The topological polar surface area (TPSA) is 74.5 Å². The molecule has 0 aliphatic carbocycles. The molecule has 0 fully saturated rings. The number of nitrogens with zero attached hydrogens (tertiary/aromatic N) is 2. The van der Waals surface area contributed by atoms with Crippen molar-refractivity contribution >= 4 is 12.1 Å². The molecule has 0 unspecified atom stereocenters. The summed E-state index contributed by atoms with van der Waals surface area (Å²) in [4.78, 5) is 11.8. The Hall–Kier alpha value is -3.13. The van der Waals surface area contributed by atoms with Crippen molar-refractivity contribution in [3.05, 3.63) is 65.2 Å². The van der Waals surface area contributed by atoms with Gasteiger partial charge in [0.15, 0.2) is 0 Å². The monoisotopic (exact) mass is 279 g/mol. The van der Waals surface area contributed by atoms with Gasteiger partial charge >= 0.3 is 0 Å². The normalized spacial score (nSPS) is 10.1. The summed E-state index contributed by atoms with van der Waals surface area (Å²) in [5.74, 6) is 0.384. The molecule has 0 spiro atoms. The van der Waals surface area contributed by atoms with Gasteiger partial charge in [0.05, 0.1) is 25.0 Å². The molecule has 0 aliphatic heterocycles. The first kappa shape index (κ1) is 14.3. The summed E-state index contributed by atoms with van der Waals surface area (Å²) in [5.41, 5.74) is 4.31. The molecular weight excluding hydrogens is 266 g/mol. The van der Waals surface area contributed by atoms with Crippen LogP contribution in [0.5, 0.6) is 5.75 Å². The summed E-state index contributed by atoms with van der Waals surface area (Å²) in [7, 11) is 1.57. The van der Waals surface area contributed by atoms with E-state index in [0.29, 0.717) is 16.9 Å². The minimum atomic E-state index is -0.303. The molecule has 1 N–H and O–H groups in total. The number of hydrogen-bond donors (Lipinski definition) is 1. The smallest absolute Gasteiger partial charge is 0.271 e. The van der Waals surface area contributed by atoms with Crippen LogP contribution in [0.4, 0.5) is 0 Å². The van der Waals surface area contributed by atoms with E-state index in [4.69, 9.17) is 10.00 Å². The predicted octanol–water partition coefficient (Wildman–Crippen LogP) is 2.33. The first-order valence-corrected chi connectivity index (χ1v) is 6.20. The number of nitriles is 1. The number of benzene rings is 2. The predicted molar refractivity (Wildman–Crippen MR) is 79.2 cm³/mol. The number of hydrazone groups is 1. The lowest BCUT2D eigenvalue weighted by atomic mass is 10.2. The van der Waals surface area contributed by atoms with Gasteiger partial charge in [-0.15, -0.1) is 0 Å². The van der Waals surface area contributed by atoms with Gasteiger partial charge in [-0.1, -0.05) is 12.1 Å². The summed E-state index contributed by atoms with van der Waals surface area (Å²) >= 11 is 0. The Morgan fingerprint density at radius 2 is 1.86 bits per heavy atom. The molecule has 5 nitrogen and oxygen atoms in total. The lowest BCUT2D eigenvalue weighted by Gasteiger charge is -2.02. The number of amides is 1. The van der Waals surface area contributed by atoms with Crippen molar-refractivity contribution in [3.8, 4) is 11.8 Å². The molecule has 5 heteroatoms. The van der Waals surface area contributed by atoms with Gasteiger partial charge in [-0.3, -0.25) is 4.79 Å². The summed E-state index contributed by atoms with van der Waals surface area (Å²) < 4.78 is 5.02. The Bertz CT molecular complexity index is 683. The highest BCUT2D eigenvalue weighted by molar-refractivity contribution is 5.95. The van der Waals surface area contributed by atoms with Gasteiger partial charge in [0.1, 0.15) is 5.75 Å². The number of methoxy groups -OCH3 is 1. The van der Waals surface area contributed by atoms with E-state index in [1.54, 1.807) is 55.6 Å². The zero-order chi connectivity index (χ0) is 15.1. The molecule has 0 atom stereocenters. The summed E-state index contributed by atoms with van der Waals surface area (Å²) in [6.07, 6.45) is 1.52. The van der Waals surface area contributed by atoms with Crippen LogP contribution in [0.1, 0.15) is 21.5 Å². The molecule has 2 aromatic rings. The maximum atomic E-state index is 11.8. The lowest BCUT2D eigenvalue weighted by molar-refractivity contribution is 0.0955. The molecule has 2 aromatic carbocycles. The van der Waals surface area contributed by atoms with Gasteiger partial charge in [0, 0.05) is 5.56 Å². The largest absolute Gasteiger partial charge is 0.497 e. The Morgan fingerprint density at radius 3 is 2.43 bits per heavy atom. The van der Waals surface area contributed by atoms with Gasteiger partial charge in [-0.2, -0.15) is 10.4 Å². The standard InChI is InChI=1S/C16H13N3O2/c1-21-15-8-6-14(7-9-15)16(20)19-18-11-13-4-2-12(10-17)3-5-13/h2-9,11H,1H3,(H,19,20). The summed E-state index contributed by atoms with van der Waals surface area (Å²) in [5, 5.41) is 12.6. The van der Waals surface area contributed by atoms with Crippen LogP contribution in [-0.2, 0) is 0 Å². The number of hydrogen-bond acceptors (Lipinski definition) is 4. The maximum absolute atomic E-state index is 11.8. The third-order valence-corrected chi connectivity index (χ3v) is 2.77. The second-order valence-electron chi connectivity index (χ2n) is 4.16. The Balaban J connectivity index is 1.96. The number of nitrogens with one attached hydrogen (secondary N) is 1. The highest BCUT2D eigenvalue weighted by Crippen LogP contribution is 2.11. The van der Waals surface area contributed by atoms with Crippen LogP contribution in [-0.4, -0.2) is 19.2 Å². The zero-order valence-electron chi connectivity index (χ0n) is 11.4. The Morgan fingerprint density at radius 1 is 1.19 bits per heavy atom. The number of carbonyl (C=O) groups excluding carboxylic acids is 1. The van der Waals surface area contributed by atoms with Crippen LogP contribution < -0.4 is 10.2 Å². The molecule has 0 saturated carbocycles. The first-order valence-electron chi connectivity index (χ1n) is 6.20. The third-order valence-electron chi connectivity index (χ3n) is 2.77. The van der Waals surface area contributed by atoms with E-state index in [2.05, 4.69) is 10.5 Å². The SMILES string of the molecule is COc1ccc(C(=O)NN=Cc2ccc(C#N)cc2)cc1. The second-order valence-corrected chi connectivity index (χ2v) is 4.16. The molecule has 0 aromatic heterocycles. The van der Waals surface area contributed by atoms with Crippen molar-refractivity contribution in [2.45, 2.75) is 0 Å². The van der Waals surface area contributed by atoms with Gasteiger partial charge < -0.3 is 4.74 Å². The Labute approximate surface area is 122 Å². The molecule has 0 aliphatic rings. The minimum Gasteiger partial charge on any atom is -0.497 e. The van der Waals surface area contributed by atoms with Crippen LogP contribution >= 0.6 is 0 Å². The van der Waals surface area contributed by atoms with Crippen LogP contribution in [0.15, 0.2) is 53.6 Å². The van der Waals surface area contributed by atoms with Gasteiger partial charge in [-0.05, 0) is 42.0 Å². The average molecular weight is 279 g/mol. The number of rotatable bonds is 4. The molecule has 1 amide bonds. The van der Waals surface area contributed by atoms with Crippen molar-refractivity contribution in [1.29, 1.82) is 5.26 Å². The minimum absolute atomic E-state index is 0.303. The molecule has 0 saturated heterocycles. The van der Waals surface area contributed by atoms with E-state index >= 15 is 0 Å². The van der Waals surface area contributed by atoms with Crippen LogP contribution in [0.3, 0.4) is 0 Å². The number of carbonyl (C=O) groups is 1. The van der Waals surface area contributed by atoms with Gasteiger partial charge in [0.25, 0.3) is 5.91 Å². The second kappa shape index (κ2) is 6.87. The van der Waals surface area contributed by atoms with Crippen molar-refractivity contribution in [3.63, 3.8) is 0 Å². The van der Waals surface area contributed by atoms with E-state index in [1.807, 2.05) is 6.07 Å². The molecule has 21 heavy (non-hydrogen) atoms. The van der Waals surface area contributed by atoms with Crippen LogP contribution in [0.2, 0.25) is 0 Å². The maximum Gasteiger partial charge on any atom is 0.271 e. The molecule has 0 bridgehead atoms. The molecule has 0 radical (unpaired) electrons. The van der Waals surface area contributed by atoms with Crippen molar-refractivity contribution in [2.75, 3.05) is 7.11 Å². The fourth-order valence-corrected chi connectivity index (χ4v) is 1.62. The average Bonchev–Trinajstić information content (AvgIpc) is 2.55. The highest BCUT2D eigenvalue weighted by atomic mass is 16.5. The molecule has 104 valence electrons. The van der Waals surface area contributed by atoms with Crippen molar-refractivity contribution in [2.24, 2.45) is 5.10 Å². The highest BCUT2D eigenvalue weighted by Gasteiger charge is 2.03. The van der Waals surface area contributed by atoms with Crippen molar-refractivity contribution in [1.82, 2.24) is 5.43 Å². The zero-order valence-corrected chi connectivity index (χ0v) is 11.4. The third kappa shape index (κ3) is 3.91. The van der Waals surface area contributed by atoms with E-state index in [1.165, 1.54) is 6.21 Å². The molecule has 0 heterocycles. The van der Waals surface area contributed by atoms with Crippen LogP contribution in [0.25, 0.3) is 0 Å². The first-order chi connectivity index (χ1) is 10.2. The quantitative estimate of drug-likeness (QED) is 0.689. The Kier molecular flexibility index (Phi) is 4.67. The van der Waals surface area contributed by atoms with Gasteiger partial charge in [0.2, 0.25) is 0 Å². The lowest BCUT2D eigenvalue weighted by Crippen LogP contribution is -2.17. The van der Waals surface area contributed by atoms with E-state index in [9.17, 15) is 4.79 Å². The van der Waals surface area contributed by atoms with E-state index < -0.39 is 0 Å². The summed E-state index contributed by atoms with van der Waals surface area (Å²) in [6, 6.07) is 15.6. The van der Waals surface area contributed by atoms with Gasteiger partial charge in [-0.25, -0.2) is 5.43 Å². The van der Waals surface area contributed by atoms with Crippen LogP contribution in [0, 0.1) is 11.3 Å². The molecule has 2 rings (SSSR count). The fourth-order valence-electron chi connectivity index (χ4n) is 1.62. The van der Waals surface area contributed by atoms with E-state index in [0.717, 1.165) is 5.56 Å². The number of ether oxygens (including phenoxy) is 1. The van der Waals surface area contributed by atoms with Crippen molar-refractivity contribution < 1.29 is 9.53 Å². The fraction of sp³-hybridized carbons (Fsp3) is 0.0625. The van der Waals surface area contributed by atoms with E-state index in [-0.39, 0.29) is 5.91 Å².